The molecule has 0 amide bonds. The highest BCUT2D eigenvalue weighted by molar-refractivity contribution is 7.99. The summed E-state index contributed by atoms with van der Waals surface area (Å²) in [7, 11) is 1.65. The summed E-state index contributed by atoms with van der Waals surface area (Å²) < 4.78 is 13.0. The van der Waals surface area contributed by atoms with E-state index in [0.29, 0.717) is 5.22 Å². The maximum absolute atomic E-state index is 12.8. The molecule has 6 heteroatoms. The van der Waals surface area contributed by atoms with Gasteiger partial charge in [-0.2, -0.15) is 0 Å². The summed E-state index contributed by atoms with van der Waals surface area (Å²) in [5.41, 5.74) is 5.19. The van der Waals surface area contributed by atoms with Gasteiger partial charge in [0.2, 0.25) is 0 Å². The molecule has 4 aromatic rings. The van der Waals surface area contributed by atoms with E-state index in [2.05, 4.69) is 9.55 Å². The number of hydrogen-bond donors (Lipinski definition) is 0. The van der Waals surface area contributed by atoms with Gasteiger partial charge < -0.3 is 13.7 Å². The van der Waals surface area contributed by atoms with Gasteiger partial charge in [-0.15, -0.1) is 0 Å². The Balaban J connectivity index is 1.54. The van der Waals surface area contributed by atoms with Gasteiger partial charge in [0.25, 0.3) is 5.22 Å². The number of benzene rings is 2. The fourth-order valence-corrected chi connectivity index (χ4v) is 4.01. The van der Waals surface area contributed by atoms with E-state index in [0.717, 1.165) is 39.5 Å². The van der Waals surface area contributed by atoms with Crippen LogP contribution in [-0.4, -0.2) is 28.2 Å². The number of carbonyl (C=O) groups is 1. The van der Waals surface area contributed by atoms with Crippen LogP contribution in [0.3, 0.4) is 0 Å². The molecule has 4 rings (SSSR count). The minimum Gasteiger partial charge on any atom is -0.497 e. The number of hydrogen-bond acceptors (Lipinski definition) is 5. The van der Waals surface area contributed by atoms with Gasteiger partial charge in [0.1, 0.15) is 11.3 Å². The van der Waals surface area contributed by atoms with Gasteiger partial charge in [0, 0.05) is 22.6 Å². The number of ether oxygens (including phenoxy) is 1. The minimum absolute atomic E-state index is 0.0557. The monoisotopic (exact) mass is 392 g/mol. The molecule has 0 spiro atoms. The van der Waals surface area contributed by atoms with Crippen molar-refractivity contribution >= 4 is 28.6 Å². The van der Waals surface area contributed by atoms with E-state index < -0.39 is 0 Å². The van der Waals surface area contributed by atoms with E-state index in [-0.39, 0.29) is 11.5 Å². The number of Topliss-reactive ketones (excluding diaryl/α,β-unsaturated/α-hetero) is 1. The highest BCUT2D eigenvalue weighted by Crippen LogP contribution is 2.27. The van der Waals surface area contributed by atoms with Crippen molar-refractivity contribution < 1.29 is 13.9 Å². The number of rotatable bonds is 6. The number of para-hydroxylation sites is 2. The molecule has 0 aliphatic heterocycles. The molecule has 2 heterocycles. The number of nitrogens with zero attached hydrogens (tertiary/aromatic N) is 2. The Morgan fingerprint density at radius 1 is 1.14 bits per heavy atom. The van der Waals surface area contributed by atoms with Crippen LogP contribution in [0.5, 0.6) is 5.75 Å². The Bertz CT molecular complexity index is 1110. The molecule has 0 saturated carbocycles. The molecule has 0 N–H and O–H groups in total. The van der Waals surface area contributed by atoms with Crippen LogP contribution in [0.15, 0.2) is 64.2 Å². The largest absolute Gasteiger partial charge is 0.497 e. The zero-order chi connectivity index (χ0) is 19.7. The number of methoxy groups -OCH3 is 1. The van der Waals surface area contributed by atoms with E-state index in [1.165, 1.54) is 11.8 Å². The summed E-state index contributed by atoms with van der Waals surface area (Å²) in [5.74, 6) is 1.14. The summed E-state index contributed by atoms with van der Waals surface area (Å²) in [5, 5.41) is 0.513. The van der Waals surface area contributed by atoms with E-state index in [4.69, 9.17) is 9.15 Å². The number of aromatic nitrogens is 2. The normalized spacial score (nSPS) is 11.1. The average molecular weight is 392 g/mol. The molecular weight excluding hydrogens is 372 g/mol. The number of ketones is 1. The van der Waals surface area contributed by atoms with E-state index >= 15 is 0 Å². The fraction of sp³-hybridized carbons (Fsp3) is 0.182. The third-order valence-corrected chi connectivity index (χ3v) is 5.49. The van der Waals surface area contributed by atoms with E-state index in [1.807, 2.05) is 68.4 Å². The van der Waals surface area contributed by atoms with Crippen LogP contribution in [0.1, 0.15) is 21.7 Å². The van der Waals surface area contributed by atoms with Crippen molar-refractivity contribution in [2.75, 3.05) is 12.9 Å². The third-order valence-electron chi connectivity index (χ3n) is 4.66. The molecule has 28 heavy (non-hydrogen) atoms. The van der Waals surface area contributed by atoms with Crippen molar-refractivity contribution in [2.45, 2.75) is 19.1 Å². The Labute approximate surface area is 167 Å². The molecule has 2 aromatic carbocycles. The zero-order valence-corrected chi connectivity index (χ0v) is 16.7. The number of thioether (sulfide) groups is 1. The predicted molar refractivity (Wildman–Crippen MR) is 111 cm³/mol. The smallest absolute Gasteiger partial charge is 0.257 e. The quantitative estimate of drug-likeness (QED) is 0.333. The minimum atomic E-state index is 0.0557. The molecule has 0 radical (unpaired) electrons. The second-order valence-corrected chi connectivity index (χ2v) is 7.40. The van der Waals surface area contributed by atoms with Crippen LogP contribution in [0.4, 0.5) is 0 Å². The number of aryl methyl sites for hydroxylation is 1. The van der Waals surface area contributed by atoms with Crippen LogP contribution < -0.4 is 4.74 Å². The molecule has 0 atom stereocenters. The summed E-state index contributed by atoms with van der Waals surface area (Å²) in [6.07, 6.45) is 0. The Morgan fingerprint density at radius 2 is 1.89 bits per heavy atom. The highest BCUT2D eigenvalue weighted by atomic mass is 32.2. The van der Waals surface area contributed by atoms with Crippen molar-refractivity contribution in [2.24, 2.45) is 0 Å². The molecule has 0 aliphatic rings. The molecule has 0 aliphatic carbocycles. The summed E-state index contributed by atoms with van der Waals surface area (Å²) in [6, 6.07) is 17.3. The van der Waals surface area contributed by atoms with Gasteiger partial charge in [0.05, 0.1) is 12.9 Å². The second kappa shape index (κ2) is 7.56. The molecule has 5 nitrogen and oxygen atoms in total. The van der Waals surface area contributed by atoms with Crippen molar-refractivity contribution in [3.63, 3.8) is 0 Å². The van der Waals surface area contributed by atoms with E-state index in [1.54, 1.807) is 7.11 Å². The summed E-state index contributed by atoms with van der Waals surface area (Å²) in [6.45, 7) is 3.97. The van der Waals surface area contributed by atoms with Crippen molar-refractivity contribution in [3.8, 4) is 11.4 Å². The molecule has 0 unspecified atom stereocenters. The first-order chi connectivity index (χ1) is 13.6. The Morgan fingerprint density at radius 3 is 2.61 bits per heavy atom. The number of carbonyl (C=O) groups excluding carboxylic acids is 1. The van der Waals surface area contributed by atoms with Gasteiger partial charge in [-0.3, -0.25) is 4.79 Å². The van der Waals surface area contributed by atoms with Gasteiger partial charge >= 0.3 is 0 Å². The predicted octanol–water partition coefficient (Wildman–Crippen LogP) is 5.22. The molecule has 0 bridgehead atoms. The number of oxazole rings is 1. The van der Waals surface area contributed by atoms with Crippen molar-refractivity contribution in [1.82, 2.24) is 9.55 Å². The summed E-state index contributed by atoms with van der Waals surface area (Å²) >= 11 is 1.32. The van der Waals surface area contributed by atoms with Crippen LogP contribution in [-0.2, 0) is 0 Å². The third kappa shape index (κ3) is 3.43. The lowest BCUT2D eigenvalue weighted by molar-refractivity contribution is 0.102. The fourth-order valence-electron chi connectivity index (χ4n) is 3.29. The van der Waals surface area contributed by atoms with Crippen molar-refractivity contribution in [1.29, 1.82) is 0 Å². The standard InChI is InChI=1S/C22H20N2O3S/c1-14-12-18(15(2)24(14)16-8-10-17(26-3)11-9-16)20(25)13-28-22-23-19-6-4-5-7-21(19)27-22/h4-12H,13H2,1-3H3. The summed E-state index contributed by atoms with van der Waals surface area (Å²) in [4.78, 5) is 17.2. The highest BCUT2D eigenvalue weighted by Gasteiger charge is 2.18. The van der Waals surface area contributed by atoms with Gasteiger partial charge in [-0.25, -0.2) is 4.98 Å². The lowest BCUT2D eigenvalue weighted by Crippen LogP contribution is -2.05. The van der Waals surface area contributed by atoms with Crippen LogP contribution in [0.25, 0.3) is 16.8 Å². The maximum atomic E-state index is 12.8. The van der Waals surface area contributed by atoms with Gasteiger partial charge in [-0.05, 0) is 56.3 Å². The number of fused-ring (bicyclic) bond motifs is 1. The molecule has 0 saturated heterocycles. The Kier molecular flexibility index (Phi) is 4.96. The van der Waals surface area contributed by atoms with Crippen LogP contribution in [0, 0.1) is 13.8 Å². The lowest BCUT2D eigenvalue weighted by Gasteiger charge is -2.10. The first-order valence-electron chi connectivity index (χ1n) is 8.92. The first kappa shape index (κ1) is 18.4. The Hall–Kier alpha value is -2.99. The molecule has 142 valence electrons. The molecule has 2 aromatic heterocycles. The molecule has 0 fully saturated rings. The van der Waals surface area contributed by atoms with Crippen LogP contribution in [0.2, 0.25) is 0 Å². The molecular formula is C22H20N2O3S. The van der Waals surface area contributed by atoms with E-state index in [9.17, 15) is 4.79 Å². The van der Waals surface area contributed by atoms with Gasteiger partial charge in [-0.1, -0.05) is 23.9 Å². The zero-order valence-electron chi connectivity index (χ0n) is 15.9. The van der Waals surface area contributed by atoms with Crippen LogP contribution >= 0.6 is 11.8 Å². The SMILES string of the molecule is COc1ccc(-n2c(C)cc(C(=O)CSc3nc4ccccc4o3)c2C)cc1. The maximum Gasteiger partial charge on any atom is 0.257 e. The van der Waals surface area contributed by atoms with Gasteiger partial charge in [0.15, 0.2) is 11.4 Å². The van der Waals surface area contributed by atoms with Crippen molar-refractivity contribution in [3.05, 3.63) is 71.5 Å². The lowest BCUT2D eigenvalue weighted by atomic mass is 10.2. The second-order valence-electron chi connectivity index (χ2n) is 6.48. The first-order valence-corrected chi connectivity index (χ1v) is 9.90. The topological polar surface area (TPSA) is 57.3 Å². The average Bonchev–Trinajstić information content (AvgIpc) is 3.26.